The number of carboxylic acid groups (broad SMARTS) is 1. The number of rotatable bonds is 19. The zero-order chi connectivity index (χ0) is 55.7. The van der Waals surface area contributed by atoms with Gasteiger partial charge in [-0.15, -0.1) is 0 Å². The van der Waals surface area contributed by atoms with Crippen LogP contribution in [-0.2, 0) is 56.0 Å². The molecule has 17 N–H and O–H groups in total. The van der Waals surface area contributed by atoms with Crippen molar-refractivity contribution in [2.24, 2.45) is 50.5 Å². The Balaban J connectivity index is 1.78. The molecule has 2 aromatic carbocycles. The number of Topliss-reactive ketones (excluding diaryl/α,β-unsaturated/α-hetero) is 3. The first kappa shape index (κ1) is 61.1. The number of aliphatic carboxylic acids is 1. The van der Waals surface area contributed by atoms with Crippen LogP contribution >= 0.6 is 11.6 Å². The summed E-state index contributed by atoms with van der Waals surface area (Å²) in [4.78, 5) is 136. The Bertz CT molecular complexity index is 2560. The molecule has 76 heavy (non-hydrogen) atoms. The molecular formula is C52H74ClN13O10. The van der Waals surface area contributed by atoms with Crippen LogP contribution in [0, 0.1) is 11.8 Å². The van der Waals surface area contributed by atoms with Crippen LogP contribution in [-0.4, -0.2) is 125 Å². The number of fused-ring (bicyclic) bond motifs is 1. The van der Waals surface area contributed by atoms with Crippen LogP contribution < -0.4 is 55.3 Å². The average Bonchev–Trinajstić information content (AvgIpc) is 3.77. The molecule has 1 saturated heterocycles. The number of amides is 5. The Morgan fingerprint density at radius 2 is 1.46 bits per heavy atom. The Hall–Kier alpha value is -7.40. The van der Waals surface area contributed by atoms with Crippen LogP contribution in [0.4, 0.5) is 0 Å². The lowest BCUT2D eigenvalue weighted by Gasteiger charge is -2.27. The van der Waals surface area contributed by atoms with Crippen LogP contribution in [0.25, 0.3) is 10.9 Å². The predicted molar refractivity (Wildman–Crippen MR) is 287 cm³/mol. The number of nitrogens with zero attached hydrogens (tertiary/aromatic N) is 2. The molecule has 4 rings (SSSR count). The van der Waals surface area contributed by atoms with Crippen molar-refractivity contribution in [2.75, 3.05) is 19.6 Å². The fourth-order valence-electron chi connectivity index (χ4n) is 9.03. The standard InChI is InChI=1S/C52H74ClN13O10/c1-30(67)62-39(18-9-23-60-52(57)58)47(72)64-41-20-19-36(68)13-2-4-16-42(50(75)76)65-46(71)33(26-34-29-61-38-15-5-3-14-37(34)38)28-44(69)32(11-8-22-59-51(55)56)27-45(70)43(25-31-10-6-12-35(53)24-31)66-48(73)40(17-7-21-54)63-49(41)74/h3,5-6,10,12,14-15,24,29,32-33,39-43,61H,2,4,7-9,11,13,16-23,25-28,54H2,1H3,(H,62,67)(H,63,74)(H,64,72)(H,65,71)(H,66,73)(H,75,76)(H4,55,56,59)(H4,57,58,60)/t32-,33-,39+,40+,41+,42+,43-/m1/s1. The summed E-state index contributed by atoms with van der Waals surface area (Å²) in [6, 6.07) is 7.32. The molecule has 0 aliphatic carbocycles. The van der Waals surface area contributed by atoms with Gasteiger partial charge in [-0.25, -0.2) is 4.79 Å². The molecular weight excluding hydrogens is 1000 g/mol. The van der Waals surface area contributed by atoms with E-state index in [2.05, 4.69) is 41.6 Å². The number of carboxylic acids is 1. The second-order valence-corrected chi connectivity index (χ2v) is 19.6. The molecule has 1 fully saturated rings. The molecule has 0 bridgehead atoms. The van der Waals surface area contributed by atoms with Crippen LogP contribution in [0.15, 0.2) is 64.7 Å². The molecule has 5 amide bonds. The molecule has 1 aliphatic rings. The van der Waals surface area contributed by atoms with E-state index in [1.54, 1.807) is 30.5 Å². The number of carbonyl (C=O) groups excluding carboxylic acids is 8. The first-order valence-electron chi connectivity index (χ1n) is 25.6. The Morgan fingerprint density at radius 3 is 2.14 bits per heavy atom. The molecule has 0 radical (unpaired) electrons. The lowest BCUT2D eigenvalue weighted by molar-refractivity contribution is -0.143. The number of H-pyrrole nitrogens is 1. The summed E-state index contributed by atoms with van der Waals surface area (Å²) in [5.41, 5.74) is 30.0. The Morgan fingerprint density at radius 1 is 0.763 bits per heavy atom. The molecule has 3 aromatic rings. The molecule has 2 heterocycles. The van der Waals surface area contributed by atoms with Gasteiger partial charge in [-0.2, -0.15) is 0 Å². The number of para-hydroxylation sites is 1. The summed E-state index contributed by atoms with van der Waals surface area (Å²) in [5, 5.41) is 24.8. The van der Waals surface area contributed by atoms with Crippen LogP contribution in [0.1, 0.15) is 108 Å². The maximum atomic E-state index is 14.8. The van der Waals surface area contributed by atoms with Crippen molar-refractivity contribution in [3.63, 3.8) is 0 Å². The number of nitrogens with one attached hydrogen (secondary N) is 6. The first-order chi connectivity index (χ1) is 36.2. The van der Waals surface area contributed by atoms with Gasteiger partial charge >= 0.3 is 5.97 Å². The average molecular weight is 1080 g/mol. The number of benzene rings is 2. The van der Waals surface area contributed by atoms with E-state index in [1.165, 1.54) is 6.92 Å². The lowest BCUT2D eigenvalue weighted by atomic mass is 9.83. The number of nitrogens with two attached hydrogens (primary N) is 5. The van der Waals surface area contributed by atoms with E-state index in [9.17, 15) is 48.3 Å². The van der Waals surface area contributed by atoms with Gasteiger partial charge in [0.25, 0.3) is 0 Å². The zero-order valence-electron chi connectivity index (χ0n) is 43.0. The highest BCUT2D eigenvalue weighted by atomic mass is 35.5. The van der Waals surface area contributed by atoms with E-state index in [0.717, 1.165) is 10.9 Å². The first-order valence-corrected chi connectivity index (χ1v) is 26.0. The molecule has 23 nitrogen and oxygen atoms in total. The van der Waals surface area contributed by atoms with Gasteiger partial charge in [0.15, 0.2) is 17.7 Å². The summed E-state index contributed by atoms with van der Waals surface area (Å²) >= 11 is 6.37. The molecule has 0 spiro atoms. The van der Waals surface area contributed by atoms with Crippen LogP contribution in [0.3, 0.4) is 0 Å². The highest BCUT2D eigenvalue weighted by Crippen LogP contribution is 2.27. The molecule has 0 saturated carbocycles. The van der Waals surface area contributed by atoms with Crippen molar-refractivity contribution in [2.45, 2.75) is 140 Å². The van der Waals surface area contributed by atoms with Crippen molar-refractivity contribution in [1.82, 2.24) is 31.6 Å². The molecule has 1 aromatic heterocycles. The third kappa shape index (κ3) is 21.1. The Labute approximate surface area is 446 Å². The van der Waals surface area contributed by atoms with E-state index >= 15 is 0 Å². The van der Waals surface area contributed by atoms with Gasteiger partial charge in [-0.05, 0) is 106 Å². The number of halogens is 1. The highest BCUT2D eigenvalue weighted by molar-refractivity contribution is 6.30. The maximum absolute atomic E-state index is 14.8. The topological polar surface area (TPSA) is 405 Å². The van der Waals surface area contributed by atoms with Crippen molar-refractivity contribution in [3.05, 3.63) is 70.9 Å². The van der Waals surface area contributed by atoms with E-state index in [4.69, 9.17) is 40.3 Å². The fraction of sp³-hybridized carbons (Fsp3) is 0.519. The molecule has 24 heteroatoms. The van der Waals surface area contributed by atoms with Gasteiger partial charge < -0.3 is 65.3 Å². The molecule has 0 unspecified atom stereocenters. The third-order valence-electron chi connectivity index (χ3n) is 13.0. The van der Waals surface area contributed by atoms with Crippen LogP contribution in [0.2, 0.25) is 5.02 Å². The van der Waals surface area contributed by atoms with Crippen molar-refractivity contribution in [3.8, 4) is 0 Å². The second kappa shape index (κ2) is 31.5. The normalized spacial score (nSPS) is 21.3. The van der Waals surface area contributed by atoms with Gasteiger partial charge in [0.2, 0.25) is 29.5 Å². The number of hydrogen-bond acceptors (Lipinski definition) is 12. The lowest BCUT2D eigenvalue weighted by Crippen LogP contribution is -2.58. The molecule has 7 atom stereocenters. The summed E-state index contributed by atoms with van der Waals surface area (Å²) in [5.74, 6) is -8.90. The van der Waals surface area contributed by atoms with Crippen molar-refractivity contribution in [1.29, 1.82) is 0 Å². The zero-order valence-corrected chi connectivity index (χ0v) is 43.7. The number of aliphatic imine (C=N–C) groups is 2. The molecule has 1 aliphatic heterocycles. The number of hydrogen-bond donors (Lipinski definition) is 12. The minimum absolute atomic E-state index is 0.0197. The maximum Gasteiger partial charge on any atom is 0.326 e. The summed E-state index contributed by atoms with van der Waals surface area (Å²) in [6.45, 7) is 1.55. The number of aromatic amines is 1. The smallest absolute Gasteiger partial charge is 0.326 e. The number of aromatic nitrogens is 1. The fourth-order valence-corrected chi connectivity index (χ4v) is 9.24. The van der Waals surface area contributed by atoms with Gasteiger partial charge in [0.05, 0.1) is 6.04 Å². The second-order valence-electron chi connectivity index (χ2n) is 19.1. The summed E-state index contributed by atoms with van der Waals surface area (Å²) < 4.78 is 0. The molecule has 414 valence electrons. The highest BCUT2D eigenvalue weighted by Gasteiger charge is 2.35. The largest absolute Gasteiger partial charge is 0.480 e. The van der Waals surface area contributed by atoms with Crippen LogP contribution in [0.5, 0.6) is 0 Å². The predicted octanol–water partition coefficient (Wildman–Crippen LogP) is 1.06. The minimum atomic E-state index is -1.43. The van der Waals surface area contributed by atoms with Gasteiger partial charge in [0, 0.05) is 79.7 Å². The SMILES string of the molecule is CC(=O)N[C@@H](CCCN=C(N)N)C(=O)N[C@H]1CCC(=O)CCCC[C@@H](C(=O)O)NC(=O)[C@H](Cc2c[nH]c3ccccc23)CC(=O)[C@H](CCCN=C(N)N)CC(=O)[C@@H](Cc2cccc(Cl)c2)NC(=O)[C@H](CCCN)NC1=O. The quantitative estimate of drug-likeness (QED) is 0.0454. The van der Waals surface area contributed by atoms with Crippen molar-refractivity contribution < 1.29 is 48.3 Å². The third-order valence-corrected chi connectivity index (χ3v) is 13.3. The van der Waals surface area contributed by atoms with Gasteiger partial charge in [0.1, 0.15) is 35.7 Å². The monoisotopic (exact) mass is 1080 g/mol. The van der Waals surface area contributed by atoms with Gasteiger partial charge in [-0.1, -0.05) is 48.4 Å². The van der Waals surface area contributed by atoms with Crippen molar-refractivity contribution >= 4 is 87.3 Å². The van der Waals surface area contributed by atoms with E-state index in [1.807, 2.05) is 24.3 Å². The van der Waals surface area contributed by atoms with Gasteiger partial charge in [-0.3, -0.25) is 48.3 Å². The summed E-state index contributed by atoms with van der Waals surface area (Å²) in [7, 11) is 0. The van der Waals surface area contributed by atoms with E-state index < -0.39 is 102 Å². The minimum Gasteiger partial charge on any atom is -0.480 e. The van der Waals surface area contributed by atoms with E-state index in [-0.39, 0.29) is 127 Å². The van der Waals surface area contributed by atoms with E-state index in [0.29, 0.717) is 16.1 Å². The number of ketones is 3. The number of guanidine groups is 2. The Kier molecular flexibility index (Phi) is 25.3. The number of carbonyl (C=O) groups is 9. The summed E-state index contributed by atoms with van der Waals surface area (Å²) in [6.07, 6.45) is 1.45.